The smallest absolute Gasteiger partial charge is 0.273 e. The van der Waals surface area contributed by atoms with E-state index in [1.165, 1.54) is 23.3 Å². The van der Waals surface area contributed by atoms with Crippen molar-refractivity contribution < 1.29 is 13.2 Å². The molecule has 46 heavy (non-hydrogen) atoms. The van der Waals surface area contributed by atoms with E-state index in [0.717, 1.165) is 64.5 Å². The summed E-state index contributed by atoms with van der Waals surface area (Å²) in [6.45, 7) is 35.0. The van der Waals surface area contributed by atoms with E-state index in [2.05, 4.69) is 95.6 Å². The van der Waals surface area contributed by atoms with Crippen LogP contribution in [0.2, 0.25) is 0 Å². The van der Waals surface area contributed by atoms with Crippen LogP contribution in [0, 0.1) is 5.82 Å². The Labute approximate surface area is 273 Å². The normalized spacial score (nSPS) is 15.7. The Kier molecular flexibility index (Phi) is 9.33. The zero-order valence-corrected chi connectivity index (χ0v) is 29.2. The first-order valence-electron chi connectivity index (χ1n) is 15.8. The van der Waals surface area contributed by atoms with Gasteiger partial charge < -0.3 is 14.4 Å². The van der Waals surface area contributed by atoms with Gasteiger partial charge in [-0.25, -0.2) is 18.2 Å². The summed E-state index contributed by atoms with van der Waals surface area (Å²) in [6, 6.07) is 7.83. The number of fused-ring (bicyclic) bond motifs is 1. The quantitative estimate of drug-likeness (QED) is 0.232. The van der Waals surface area contributed by atoms with Gasteiger partial charge in [-0.15, -0.1) is 0 Å². The van der Waals surface area contributed by atoms with Gasteiger partial charge in [0.25, 0.3) is 5.92 Å². The summed E-state index contributed by atoms with van der Waals surface area (Å²) in [6.07, 6.45) is 4.08. The molecule has 0 amide bonds. The van der Waals surface area contributed by atoms with E-state index in [9.17, 15) is 13.2 Å². The first-order valence-corrected chi connectivity index (χ1v) is 15.8. The predicted octanol–water partition coefficient (Wildman–Crippen LogP) is 10.4. The monoisotopic (exact) mass is 630 g/mol. The van der Waals surface area contributed by atoms with E-state index < -0.39 is 17.3 Å². The van der Waals surface area contributed by atoms with Crippen molar-refractivity contribution in [2.24, 2.45) is 0 Å². The van der Waals surface area contributed by atoms with Crippen molar-refractivity contribution in [1.82, 2.24) is 19.4 Å². The molecule has 3 heterocycles. The van der Waals surface area contributed by atoms with Crippen LogP contribution < -0.4 is 0 Å². The fraction of sp³-hybridized carbons (Fsp3) is 0.410. The number of hydrogen-bond donors (Lipinski definition) is 0. The molecule has 1 aliphatic rings. The van der Waals surface area contributed by atoms with Crippen molar-refractivity contribution in [2.45, 2.75) is 86.2 Å². The van der Waals surface area contributed by atoms with Crippen molar-refractivity contribution in [3.63, 3.8) is 0 Å². The number of pyridine rings is 1. The molecule has 0 N–H and O–H groups in total. The molecule has 1 saturated heterocycles. The predicted molar refractivity (Wildman–Crippen MR) is 187 cm³/mol. The van der Waals surface area contributed by atoms with E-state index in [1.54, 1.807) is 6.07 Å². The minimum Gasteiger partial charge on any atom is -0.368 e. The number of benzene rings is 1. The summed E-state index contributed by atoms with van der Waals surface area (Å²) in [5, 5.41) is 0.815. The minimum absolute atomic E-state index is 0.262. The third-order valence-corrected chi connectivity index (χ3v) is 8.76. The molecule has 4 rings (SSSR count). The van der Waals surface area contributed by atoms with Gasteiger partial charge in [0.05, 0.1) is 22.5 Å². The third-order valence-electron chi connectivity index (χ3n) is 8.76. The molecule has 0 spiro atoms. The fourth-order valence-corrected chi connectivity index (χ4v) is 6.65. The lowest BCUT2D eigenvalue weighted by Crippen LogP contribution is -2.57. The SMILES string of the molecule is C=C(C)C(=C(C)C)/C(C)=C\C(=C)N1CCN(C(=C)c2ccc3c(-c4ccc(C(C)(F)F)c(F)c4)cn(C(C)(C)C)c3n2)C(C)(C)C1. The molecule has 0 aliphatic carbocycles. The van der Waals surface area contributed by atoms with Crippen LogP contribution in [0.25, 0.3) is 27.9 Å². The number of hydrogen-bond acceptors (Lipinski definition) is 3. The van der Waals surface area contributed by atoms with Crippen LogP contribution in [-0.2, 0) is 11.5 Å². The van der Waals surface area contributed by atoms with Crippen LogP contribution >= 0.6 is 0 Å². The van der Waals surface area contributed by atoms with E-state index >= 15 is 0 Å². The lowest BCUT2D eigenvalue weighted by Gasteiger charge is -2.50. The van der Waals surface area contributed by atoms with Gasteiger partial charge in [0.2, 0.25) is 0 Å². The van der Waals surface area contributed by atoms with Gasteiger partial charge in [-0.05, 0) is 109 Å². The number of allylic oxidation sites excluding steroid dienone is 5. The van der Waals surface area contributed by atoms with E-state index in [4.69, 9.17) is 4.98 Å². The fourth-order valence-electron chi connectivity index (χ4n) is 6.65. The molecule has 0 unspecified atom stereocenters. The van der Waals surface area contributed by atoms with Gasteiger partial charge in [0.15, 0.2) is 0 Å². The van der Waals surface area contributed by atoms with Crippen LogP contribution in [-0.4, -0.2) is 44.5 Å². The van der Waals surface area contributed by atoms with Gasteiger partial charge in [-0.3, -0.25) is 0 Å². The second-order valence-corrected chi connectivity index (χ2v) is 14.5. The number of nitrogens with zero attached hydrogens (tertiary/aromatic N) is 4. The summed E-state index contributed by atoms with van der Waals surface area (Å²) in [5.41, 5.74) is 7.92. The van der Waals surface area contributed by atoms with Gasteiger partial charge in [-0.2, -0.15) is 0 Å². The van der Waals surface area contributed by atoms with Gasteiger partial charge in [0.1, 0.15) is 11.5 Å². The lowest BCUT2D eigenvalue weighted by atomic mass is 9.94. The molecular formula is C39H49F3N4. The van der Waals surface area contributed by atoms with Crippen LogP contribution in [0.4, 0.5) is 13.2 Å². The number of rotatable bonds is 8. The van der Waals surface area contributed by atoms with Gasteiger partial charge in [0, 0.05) is 54.9 Å². The largest absolute Gasteiger partial charge is 0.368 e. The molecule has 0 atom stereocenters. The third kappa shape index (κ3) is 6.89. The topological polar surface area (TPSA) is 24.3 Å². The van der Waals surface area contributed by atoms with Crippen LogP contribution in [0.5, 0.6) is 0 Å². The minimum atomic E-state index is -3.26. The van der Waals surface area contributed by atoms with Gasteiger partial charge >= 0.3 is 0 Å². The number of piperazine rings is 1. The van der Waals surface area contributed by atoms with Crippen molar-refractivity contribution in [2.75, 3.05) is 19.6 Å². The molecule has 3 aromatic rings. The molecule has 0 bridgehead atoms. The van der Waals surface area contributed by atoms with E-state index in [0.29, 0.717) is 12.5 Å². The Morgan fingerprint density at radius 2 is 1.61 bits per heavy atom. The summed E-state index contributed by atoms with van der Waals surface area (Å²) < 4.78 is 44.7. The first-order chi connectivity index (χ1) is 21.1. The maximum atomic E-state index is 14.8. The van der Waals surface area contributed by atoms with E-state index in [1.807, 2.05) is 25.3 Å². The average Bonchev–Trinajstić information content (AvgIpc) is 3.30. The summed E-state index contributed by atoms with van der Waals surface area (Å²) >= 11 is 0. The number of alkyl halides is 2. The Morgan fingerprint density at radius 3 is 2.13 bits per heavy atom. The average molecular weight is 631 g/mol. The lowest BCUT2D eigenvalue weighted by molar-refractivity contribution is 0.0138. The second-order valence-electron chi connectivity index (χ2n) is 14.5. The Morgan fingerprint density at radius 1 is 0.957 bits per heavy atom. The van der Waals surface area contributed by atoms with Crippen LogP contribution in [0.15, 0.2) is 90.3 Å². The van der Waals surface area contributed by atoms with E-state index in [-0.39, 0.29) is 11.1 Å². The first kappa shape index (κ1) is 34.9. The Bertz CT molecular complexity index is 1770. The summed E-state index contributed by atoms with van der Waals surface area (Å²) in [5.74, 6) is -4.19. The zero-order chi connectivity index (χ0) is 34.5. The van der Waals surface area contributed by atoms with Gasteiger partial charge in [-0.1, -0.05) is 36.9 Å². The van der Waals surface area contributed by atoms with Crippen molar-refractivity contribution in [3.8, 4) is 11.1 Å². The molecule has 2 aromatic heterocycles. The molecule has 0 saturated carbocycles. The standard InChI is InChI=1S/C39H49F3N4/c1-24(2)35(25(3)4)26(5)20-27(6)44-18-19-45(38(11,12)23-44)28(7)34-17-15-30-31(22-46(36(30)43-34)37(8,9)10)29-14-16-32(33(40)21-29)39(13,41)42/h14-17,20-22H,1,6-7,18-19,23H2,2-5,8-13H3/b26-20-. The zero-order valence-electron chi connectivity index (χ0n) is 29.2. The Balaban J connectivity index is 1.66. The maximum Gasteiger partial charge on any atom is 0.273 e. The molecule has 1 aliphatic heterocycles. The highest BCUT2D eigenvalue weighted by Crippen LogP contribution is 2.38. The van der Waals surface area contributed by atoms with Crippen molar-refractivity contribution in [1.29, 1.82) is 0 Å². The number of aromatic nitrogens is 2. The Hall–Kier alpha value is -4.00. The van der Waals surface area contributed by atoms with Crippen molar-refractivity contribution >= 4 is 16.7 Å². The summed E-state index contributed by atoms with van der Waals surface area (Å²) in [4.78, 5) is 9.73. The molecule has 1 fully saturated rings. The molecule has 4 nitrogen and oxygen atoms in total. The molecule has 7 heteroatoms. The molecule has 1 aromatic carbocycles. The molecule has 246 valence electrons. The highest BCUT2D eigenvalue weighted by atomic mass is 19.3. The molecular weight excluding hydrogens is 581 g/mol. The highest BCUT2D eigenvalue weighted by Gasteiger charge is 2.36. The highest BCUT2D eigenvalue weighted by molar-refractivity contribution is 5.95. The number of halogens is 3. The second kappa shape index (κ2) is 12.3. The summed E-state index contributed by atoms with van der Waals surface area (Å²) in [7, 11) is 0. The van der Waals surface area contributed by atoms with Crippen LogP contribution in [0.3, 0.4) is 0 Å². The van der Waals surface area contributed by atoms with Crippen LogP contribution in [0.1, 0.15) is 80.5 Å². The molecule has 0 radical (unpaired) electrons. The van der Waals surface area contributed by atoms with Crippen molar-refractivity contribution in [3.05, 3.63) is 107 Å². The maximum absolute atomic E-state index is 14.8.